The van der Waals surface area contributed by atoms with E-state index in [4.69, 9.17) is 10.2 Å². The molecule has 1 aromatic carbocycles. The van der Waals surface area contributed by atoms with E-state index < -0.39 is 0 Å². The summed E-state index contributed by atoms with van der Waals surface area (Å²) >= 11 is 0. The topological polar surface area (TPSA) is 54.5 Å². The maximum Gasteiger partial charge on any atom is 0.162 e. The third-order valence-electron chi connectivity index (χ3n) is 3.59. The molecule has 21 heavy (non-hydrogen) atoms. The van der Waals surface area contributed by atoms with Gasteiger partial charge in [-0.3, -0.25) is 0 Å². The van der Waals surface area contributed by atoms with E-state index in [-0.39, 0.29) is 0 Å². The van der Waals surface area contributed by atoms with Gasteiger partial charge in [0, 0.05) is 6.42 Å². The highest BCUT2D eigenvalue weighted by Gasteiger charge is 2.14. The first-order chi connectivity index (χ1) is 10.2. The van der Waals surface area contributed by atoms with Crippen LogP contribution in [0.1, 0.15) is 29.6 Å². The van der Waals surface area contributed by atoms with Crippen molar-refractivity contribution in [3.8, 4) is 6.07 Å². The minimum Gasteiger partial charge on any atom is -0.308 e. The molecule has 0 atom stereocenters. The largest absolute Gasteiger partial charge is 0.308 e. The highest BCUT2D eigenvalue weighted by Crippen LogP contribution is 2.20. The normalized spacial score (nSPS) is 10.7. The van der Waals surface area contributed by atoms with Gasteiger partial charge in [-0.2, -0.15) is 5.26 Å². The molecule has 0 aliphatic rings. The molecule has 0 N–H and O–H groups in total. The lowest BCUT2D eigenvalue weighted by Crippen LogP contribution is -2.05. The maximum absolute atomic E-state index is 9.12. The van der Waals surface area contributed by atoms with Crippen LogP contribution in [-0.4, -0.2) is 14.5 Å². The molecule has 0 fully saturated rings. The predicted molar refractivity (Wildman–Crippen MR) is 81.9 cm³/mol. The Kier molecular flexibility index (Phi) is 3.41. The SMILES string of the molecule is CCc1nc2c(C)cc(C#N)nc2n1Cc1ccccc1. The van der Waals surface area contributed by atoms with Gasteiger partial charge in [-0.15, -0.1) is 0 Å². The number of benzene rings is 1. The number of hydrogen-bond donors (Lipinski definition) is 0. The summed E-state index contributed by atoms with van der Waals surface area (Å²) in [6, 6.07) is 14.2. The van der Waals surface area contributed by atoms with Crippen LogP contribution in [0.3, 0.4) is 0 Å². The van der Waals surface area contributed by atoms with Crippen LogP contribution in [0, 0.1) is 18.3 Å². The Hall–Kier alpha value is -2.67. The van der Waals surface area contributed by atoms with Gasteiger partial charge in [-0.25, -0.2) is 9.97 Å². The van der Waals surface area contributed by atoms with Crippen LogP contribution in [0.25, 0.3) is 11.2 Å². The van der Waals surface area contributed by atoms with Crippen molar-refractivity contribution < 1.29 is 0 Å². The van der Waals surface area contributed by atoms with Gasteiger partial charge >= 0.3 is 0 Å². The van der Waals surface area contributed by atoms with Gasteiger partial charge in [0.25, 0.3) is 0 Å². The van der Waals surface area contributed by atoms with Crippen molar-refractivity contribution in [1.29, 1.82) is 5.26 Å². The average molecular weight is 276 g/mol. The molecule has 3 rings (SSSR count). The lowest BCUT2D eigenvalue weighted by molar-refractivity contribution is 0.746. The minimum absolute atomic E-state index is 0.442. The summed E-state index contributed by atoms with van der Waals surface area (Å²) in [6.45, 7) is 4.79. The Balaban J connectivity index is 2.20. The molecule has 2 aromatic heterocycles. The molecule has 0 amide bonds. The van der Waals surface area contributed by atoms with Crippen molar-refractivity contribution in [3.05, 3.63) is 59.0 Å². The van der Waals surface area contributed by atoms with Crippen LogP contribution >= 0.6 is 0 Å². The molecular formula is C17H16N4. The zero-order chi connectivity index (χ0) is 14.8. The van der Waals surface area contributed by atoms with Gasteiger partial charge in [-0.05, 0) is 24.1 Å². The van der Waals surface area contributed by atoms with Crippen molar-refractivity contribution >= 4 is 11.2 Å². The van der Waals surface area contributed by atoms with Crippen LogP contribution in [0.15, 0.2) is 36.4 Å². The Morgan fingerprint density at radius 3 is 2.62 bits per heavy atom. The summed E-state index contributed by atoms with van der Waals surface area (Å²) in [6.07, 6.45) is 0.838. The molecule has 0 saturated heterocycles. The molecule has 3 aromatic rings. The number of aromatic nitrogens is 3. The number of imidazole rings is 1. The first kappa shape index (κ1) is 13.3. The Bertz CT molecular complexity index is 825. The van der Waals surface area contributed by atoms with Crippen LogP contribution in [0.4, 0.5) is 0 Å². The molecule has 4 heteroatoms. The van der Waals surface area contributed by atoms with E-state index in [0.29, 0.717) is 5.69 Å². The van der Waals surface area contributed by atoms with Crippen LogP contribution < -0.4 is 0 Å². The van der Waals surface area contributed by atoms with Crippen molar-refractivity contribution in [3.63, 3.8) is 0 Å². The molecule has 0 bridgehead atoms. The quantitative estimate of drug-likeness (QED) is 0.738. The lowest BCUT2D eigenvalue weighted by atomic mass is 10.2. The third-order valence-corrected chi connectivity index (χ3v) is 3.59. The fourth-order valence-corrected chi connectivity index (χ4v) is 2.55. The number of pyridine rings is 1. The zero-order valence-corrected chi connectivity index (χ0v) is 12.2. The van der Waals surface area contributed by atoms with E-state index in [2.05, 4.69) is 34.7 Å². The van der Waals surface area contributed by atoms with Crippen molar-refractivity contribution in [2.75, 3.05) is 0 Å². The van der Waals surface area contributed by atoms with Crippen molar-refractivity contribution in [2.24, 2.45) is 0 Å². The molecule has 0 aliphatic carbocycles. The number of nitriles is 1. The van der Waals surface area contributed by atoms with E-state index in [1.165, 1.54) is 5.56 Å². The zero-order valence-electron chi connectivity index (χ0n) is 12.2. The summed E-state index contributed by atoms with van der Waals surface area (Å²) in [5.74, 6) is 1.000. The summed E-state index contributed by atoms with van der Waals surface area (Å²) in [5, 5.41) is 9.12. The summed E-state index contributed by atoms with van der Waals surface area (Å²) in [4.78, 5) is 9.15. The van der Waals surface area contributed by atoms with Gasteiger partial charge in [-0.1, -0.05) is 37.3 Å². The molecule has 4 nitrogen and oxygen atoms in total. The van der Waals surface area contributed by atoms with E-state index in [0.717, 1.165) is 35.5 Å². The molecule has 0 aliphatic heterocycles. The standard InChI is InChI=1S/C17H16N4/c1-3-15-20-16-12(2)9-14(10-18)19-17(16)21(15)11-13-7-5-4-6-8-13/h4-9H,3,11H2,1-2H3. The van der Waals surface area contributed by atoms with Gasteiger partial charge in [0.2, 0.25) is 0 Å². The van der Waals surface area contributed by atoms with E-state index >= 15 is 0 Å². The van der Waals surface area contributed by atoms with Gasteiger partial charge in [0.15, 0.2) is 5.65 Å². The maximum atomic E-state index is 9.12. The molecule has 0 saturated carbocycles. The number of hydrogen-bond acceptors (Lipinski definition) is 3. The van der Waals surface area contributed by atoms with Crippen molar-refractivity contribution in [2.45, 2.75) is 26.8 Å². The van der Waals surface area contributed by atoms with E-state index in [1.54, 1.807) is 6.07 Å². The Morgan fingerprint density at radius 1 is 1.19 bits per heavy atom. The molecule has 0 spiro atoms. The van der Waals surface area contributed by atoms with Gasteiger partial charge < -0.3 is 4.57 Å². The molecule has 0 unspecified atom stereocenters. The fourth-order valence-electron chi connectivity index (χ4n) is 2.55. The number of aryl methyl sites for hydroxylation is 2. The number of fused-ring (bicyclic) bond motifs is 1. The average Bonchev–Trinajstić information content (AvgIpc) is 2.87. The summed E-state index contributed by atoms with van der Waals surface area (Å²) < 4.78 is 2.11. The Labute approximate surface area is 123 Å². The minimum atomic E-state index is 0.442. The summed E-state index contributed by atoms with van der Waals surface area (Å²) in [7, 11) is 0. The third kappa shape index (κ3) is 2.38. The molecule has 0 radical (unpaired) electrons. The van der Waals surface area contributed by atoms with Gasteiger partial charge in [0.05, 0.1) is 6.54 Å². The Morgan fingerprint density at radius 2 is 1.95 bits per heavy atom. The second-order valence-corrected chi connectivity index (χ2v) is 5.06. The highest BCUT2D eigenvalue weighted by atomic mass is 15.1. The van der Waals surface area contributed by atoms with Crippen molar-refractivity contribution in [1.82, 2.24) is 14.5 Å². The number of rotatable bonds is 3. The molecular weight excluding hydrogens is 260 g/mol. The van der Waals surface area contributed by atoms with E-state index in [1.807, 2.05) is 25.1 Å². The van der Waals surface area contributed by atoms with E-state index in [9.17, 15) is 0 Å². The first-order valence-corrected chi connectivity index (χ1v) is 7.03. The summed E-state index contributed by atoms with van der Waals surface area (Å²) in [5.41, 5.74) is 4.33. The second-order valence-electron chi connectivity index (χ2n) is 5.06. The van der Waals surface area contributed by atoms with Crippen LogP contribution in [0.5, 0.6) is 0 Å². The first-order valence-electron chi connectivity index (χ1n) is 7.03. The lowest BCUT2D eigenvalue weighted by Gasteiger charge is -2.08. The van der Waals surface area contributed by atoms with Crippen LogP contribution in [-0.2, 0) is 13.0 Å². The van der Waals surface area contributed by atoms with Crippen LogP contribution in [0.2, 0.25) is 0 Å². The van der Waals surface area contributed by atoms with Gasteiger partial charge in [0.1, 0.15) is 23.1 Å². The predicted octanol–water partition coefficient (Wildman–Crippen LogP) is 3.22. The smallest absolute Gasteiger partial charge is 0.162 e. The second kappa shape index (κ2) is 5.37. The number of nitrogens with zero attached hydrogens (tertiary/aromatic N) is 4. The monoisotopic (exact) mass is 276 g/mol. The highest BCUT2D eigenvalue weighted by molar-refractivity contribution is 5.76. The molecule has 2 heterocycles. The fraction of sp³-hybridized carbons (Fsp3) is 0.235. The molecule has 104 valence electrons.